The number of carbonyl (C=O) groups excluding carboxylic acids is 2. The summed E-state index contributed by atoms with van der Waals surface area (Å²) in [4.78, 5) is 36.4. The lowest BCUT2D eigenvalue weighted by Gasteiger charge is -2.21. The van der Waals surface area contributed by atoms with Crippen LogP contribution in [-0.2, 0) is 16.6 Å². The smallest absolute Gasteiger partial charge is 0.407 e. The highest BCUT2D eigenvalue weighted by molar-refractivity contribution is 6.00. The fourth-order valence-electron chi connectivity index (χ4n) is 4.15. The highest BCUT2D eigenvalue weighted by Crippen LogP contribution is 2.44. The summed E-state index contributed by atoms with van der Waals surface area (Å²) in [7, 11) is 1.56. The summed E-state index contributed by atoms with van der Waals surface area (Å²) in [5.41, 5.74) is 4.39. The third-order valence-electron chi connectivity index (χ3n) is 6.15. The fourth-order valence-corrected chi connectivity index (χ4v) is 4.15. The second-order valence-corrected chi connectivity index (χ2v) is 8.41. The molecule has 34 heavy (non-hydrogen) atoms. The number of anilines is 1. The zero-order valence-electron chi connectivity index (χ0n) is 19.1. The highest BCUT2D eigenvalue weighted by atomic mass is 16.5. The Morgan fingerprint density at radius 2 is 1.65 bits per heavy atom. The molecule has 1 heterocycles. The van der Waals surface area contributed by atoms with Crippen LogP contribution in [0, 0.1) is 5.92 Å². The van der Waals surface area contributed by atoms with Gasteiger partial charge in [0.25, 0.3) is 0 Å². The van der Waals surface area contributed by atoms with Crippen LogP contribution in [0.4, 0.5) is 10.6 Å². The minimum Gasteiger partial charge on any atom is -0.477 e. The van der Waals surface area contributed by atoms with Gasteiger partial charge in [0.2, 0.25) is 5.91 Å². The Balaban J connectivity index is 1.35. The lowest BCUT2D eigenvalue weighted by Crippen LogP contribution is -2.42. The van der Waals surface area contributed by atoms with E-state index in [0.29, 0.717) is 0 Å². The molecule has 2 aromatic carbocycles. The number of alkyl carbamates (subject to hydrolysis) is 1. The molecule has 0 fully saturated rings. The number of ether oxygens (including phenoxy) is 1. The van der Waals surface area contributed by atoms with Crippen molar-refractivity contribution in [2.75, 3.05) is 11.9 Å². The topological polar surface area (TPSA) is 123 Å². The van der Waals surface area contributed by atoms with Crippen LogP contribution in [-0.4, -0.2) is 45.5 Å². The Morgan fingerprint density at radius 1 is 1.06 bits per heavy atom. The van der Waals surface area contributed by atoms with Crippen LogP contribution < -0.4 is 10.6 Å². The van der Waals surface area contributed by atoms with E-state index in [2.05, 4.69) is 27.9 Å². The lowest BCUT2D eigenvalue weighted by atomic mass is 9.98. The molecule has 0 bridgehead atoms. The van der Waals surface area contributed by atoms with Gasteiger partial charge in [0, 0.05) is 25.2 Å². The summed E-state index contributed by atoms with van der Waals surface area (Å²) in [6.07, 6.45) is 0.680. The molecule has 176 valence electrons. The predicted octanol–water partition coefficient (Wildman–Crippen LogP) is 3.62. The van der Waals surface area contributed by atoms with Gasteiger partial charge in [0.05, 0.1) is 5.92 Å². The summed E-state index contributed by atoms with van der Waals surface area (Å²) in [5, 5.41) is 18.4. The van der Waals surface area contributed by atoms with Gasteiger partial charge >= 0.3 is 12.1 Å². The fraction of sp³-hybridized carbons (Fsp3) is 0.280. The molecule has 2 amide bonds. The second kappa shape index (κ2) is 9.38. The summed E-state index contributed by atoms with van der Waals surface area (Å²) in [5.74, 6) is -2.43. The molecule has 3 N–H and O–H groups in total. The average molecular weight is 463 g/mol. The Bertz CT molecular complexity index is 1210. The number of aromatic nitrogens is 2. The van der Waals surface area contributed by atoms with Crippen molar-refractivity contribution in [2.45, 2.75) is 25.8 Å². The van der Waals surface area contributed by atoms with Gasteiger partial charge in [-0.1, -0.05) is 55.5 Å². The van der Waals surface area contributed by atoms with E-state index in [1.807, 2.05) is 36.4 Å². The van der Waals surface area contributed by atoms with E-state index in [1.54, 1.807) is 20.9 Å². The van der Waals surface area contributed by atoms with Crippen molar-refractivity contribution in [1.82, 2.24) is 15.1 Å². The number of carboxylic acid groups (broad SMARTS) is 1. The standard InChI is InChI=1S/C25H26N4O5/c1-14(23(30)27-22-20(24(31)32)12-29(3)28-22)15(2)26-25(33)34-13-21-18-10-6-4-8-16(18)17-9-5-7-11-19(17)21/h4-12,14-15,21H,13H2,1-3H3,(H,26,33)(H,31,32)(H,27,28,30). The first-order valence-corrected chi connectivity index (χ1v) is 11.0. The Kier molecular flexibility index (Phi) is 6.36. The molecule has 1 aliphatic rings. The Hall–Kier alpha value is -4.14. The van der Waals surface area contributed by atoms with Crippen LogP contribution in [0.15, 0.2) is 54.7 Å². The van der Waals surface area contributed by atoms with Crippen molar-refractivity contribution in [3.05, 3.63) is 71.4 Å². The maximum absolute atomic E-state index is 12.6. The molecular formula is C25H26N4O5. The van der Waals surface area contributed by atoms with Crippen molar-refractivity contribution in [1.29, 1.82) is 0 Å². The van der Waals surface area contributed by atoms with Gasteiger partial charge in [-0.15, -0.1) is 0 Å². The number of hydrogen-bond acceptors (Lipinski definition) is 5. The number of amides is 2. The maximum atomic E-state index is 12.6. The van der Waals surface area contributed by atoms with Crippen LogP contribution in [0.1, 0.15) is 41.3 Å². The number of benzene rings is 2. The molecule has 0 radical (unpaired) electrons. The average Bonchev–Trinajstić information content (AvgIpc) is 3.34. The molecular weight excluding hydrogens is 436 g/mol. The first-order chi connectivity index (χ1) is 16.3. The molecule has 0 saturated heterocycles. The highest BCUT2D eigenvalue weighted by Gasteiger charge is 2.30. The second-order valence-electron chi connectivity index (χ2n) is 8.41. The quantitative estimate of drug-likeness (QED) is 0.493. The number of fused-ring (bicyclic) bond motifs is 3. The van der Waals surface area contributed by atoms with E-state index >= 15 is 0 Å². The van der Waals surface area contributed by atoms with Gasteiger partial charge < -0.3 is 20.5 Å². The van der Waals surface area contributed by atoms with Crippen molar-refractivity contribution >= 4 is 23.8 Å². The number of nitrogens with one attached hydrogen (secondary N) is 2. The summed E-state index contributed by atoms with van der Waals surface area (Å²) in [6.45, 7) is 3.48. The summed E-state index contributed by atoms with van der Waals surface area (Å²) >= 11 is 0. The number of carbonyl (C=O) groups is 3. The van der Waals surface area contributed by atoms with E-state index in [1.165, 1.54) is 10.9 Å². The van der Waals surface area contributed by atoms with E-state index in [9.17, 15) is 19.5 Å². The van der Waals surface area contributed by atoms with Crippen molar-refractivity contribution in [3.63, 3.8) is 0 Å². The maximum Gasteiger partial charge on any atom is 0.407 e. The molecule has 0 saturated carbocycles. The lowest BCUT2D eigenvalue weighted by molar-refractivity contribution is -0.120. The molecule has 2 unspecified atom stereocenters. The molecule has 0 spiro atoms. The molecule has 9 heteroatoms. The van der Waals surface area contributed by atoms with Gasteiger partial charge in [-0.25, -0.2) is 9.59 Å². The molecule has 0 aliphatic heterocycles. The Labute approximate surface area is 196 Å². The first kappa shape index (κ1) is 23.0. The number of aryl methyl sites for hydroxylation is 1. The third kappa shape index (κ3) is 4.50. The van der Waals surface area contributed by atoms with Crippen molar-refractivity contribution < 1.29 is 24.2 Å². The van der Waals surface area contributed by atoms with Gasteiger partial charge in [-0.2, -0.15) is 5.10 Å². The minimum absolute atomic E-state index is 0.0415. The monoisotopic (exact) mass is 462 g/mol. The third-order valence-corrected chi connectivity index (χ3v) is 6.15. The zero-order valence-corrected chi connectivity index (χ0v) is 19.1. The zero-order chi connectivity index (χ0) is 24.4. The predicted molar refractivity (Wildman–Crippen MR) is 126 cm³/mol. The van der Waals surface area contributed by atoms with Crippen LogP contribution in [0.5, 0.6) is 0 Å². The number of nitrogens with zero attached hydrogens (tertiary/aromatic N) is 2. The van der Waals surface area contributed by atoms with Crippen LogP contribution in [0.3, 0.4) is 0 Å². The van der Waals surface area contributed by atoms with Gasteiger partial charge in [0.15, 0.2) is 5.82 Å². The molecule has 4 rings (SSSR count). The van der Waals surface area contributed by atoms with Crippen LogP contribution in [0.25, 0.3) is 11.1 Å². The molecule has 9 nitrogen and oxygen atoms in total. The summed E-state index contributed by atoms with van der Waals surface area (Å²) < 4.78 is 6.84. The van der Waals surface area contributed by atoms with Crippen molar-refractivity contribution in [2.24, 2.45) is 13.0 Å². The number of hydrogen-bond donors (Lipinski definition) is 3. The molecule has 1 aliphatic carbocycles. The van der Waals surface area contributed by atoms with Crippen LogP contribution >= 0.6 is 0 Å². The number of aromatic carboxylic acids is 1. The van der Waals surface area contributed by atoms with E-state index in [4.69, 9.17) is 4.74 Å². The number of rotatable bonds is 7. The van der Waals surface area contributed by atoms with Gasteiger partial charge in [-0.3, -0.25) is 9.48 Å². The van der Waals surface area contributed by atoms with E-state index in [-0.39, 0.29) is 23.9 Å². The van der Waals surface area contributed by atoms with E-state index in [0.717, 1.165) is 22.3 Å². The molecule has 3 aromatic rings. The molecule has 2 atom stereocenters. The van der Waals surface area contributed by atoms with Gasteiger partial charge in [0.1, 0.15) is 12.2 Å². The van der Waals surface area contributed by atoms with Gasteiger partial charge in [-0.05, 0) is 29.2 Å². The largest absolute Gasteiger partial charge is 0.477 e. The normalized spacial score (nSPS) is 14.0. The first-order valence-electron chi connectivity index (χ1n) is 11.0. The number of carboxylic acids is 1. The molecule has 1 aromatic heterocycles. The SMILES string of the molecule is CC(NC(=O)OCC1c2ccccc2-c2ccccc21)C(C)C(=O)Nc1nn(C)cc1C(=O)O. The van der Waals surface area contributed by atoms with E-state index < -0.39 is 29.9 Å². The Morgan fingerprint density at radius 3 is 2.24 bits per heavy atom. The minimum atomic E-state index is -1.19. The summed E-state index contributed by atoms with van der Waals surface area (Å²) in [6, 6.07) is 15.6. The van der Waals surface area contributed by atoms with Crippen molar-refractivity contribution in [3.8, 4) is 11.1 Å². The van der Waals surface area contributed by atoms with Crippen LogP contribution in [0.2, 0.25) is 0 Å².